The van der Waals surface area contributed by atoms with Crippen molar-refractivity contribution in [3.8, 4) is 0 Å². The summed E-state index contributed by atoms with van der Waals surface area (Å²) in [5.74, 6) is -1.10. The number of hydrogen-bond acceptors (Lipinski definition) is 17. The van der Waals surface area contributed by atoms with Crippen molar-refractivity contribution in [2.24, 2.45) is 0 Å². The Hall–Kier alpha value is -4.85. The molecule has 22 heteroatoms. The van der Waals surface area contributed by atoms with Crippen molar-refractivity contribution in [2.45, 2.75) is 59.5 Å². The topological polar surface area (TPSA) is 288 Å². The zero-order valence-corrected chi connectivity index (χ0v) is 26.3. The molecule has 0 aliphatic carbocycles. The van der Waals surface area contributed by atoms with Crippen LogP contribution in [0.1, 0.15) is 45.1 Å². The number of H-pyrrole nitrogens is 2. The number of anilines is 1. The molecule has 0 amide bonds. The monoisotopic (exact) mass is 675 g/mol. The molecule has 0 bridgehead atoms. The number of fused-ring (bicyclic) bond motifs is 1. The third-order valence-corrected chi connectivity index (χ3v) is 6.37. The zero-order chi connectivity index (χ0) is 34.4. The number of nitrogen functional groups attached to an aromatic ring is 1. The molecule has 0 fully saturated rings. The Morgan fingerprint density at radius 3 is 2.07 bits per heavy atom. The molecule has 0 aliphatic rings. The van der Waals surface area contributed by atoms with E-state index in [0.29, 0.717) is 11.2 Å². The third kappa shape index (κ3) is 13.0. The molecule has 3 aromatic rings. The Morgan fingerprint density at radius 2 is 1.54 bits per heavy atom. The zero-order valence-electron chi connectivity index (χ0n) is 25.4. The molecule has 0 unspecified atom stereocenters. The van der Waals surface area contributed by atoms with Crippen LogP contribution in [0.2, 0.25) is 0 Å². The van der Waals surface area contributed by atoms with E-state index >= 15 is 0 Å². The van der Waals surface area contributed by atoms with Gasteiger partial charge in [-0.05, 0) is 34.6 Å². The number of nitrogens with one attached hydrogen (secondary N) is 2. The standard InChI is InChI=1S/C19H30N5O10P.C5H4N2O4/c1-12(2)33-18(25)28-9-31-35(27,32-10-29-19(26)34-13(3)4)11-30-14(5)6-24-8-23-15-16(20)21-7-22-17(15)24;8-3-1-2(4(9)10)6-5(11)7-3/h7-8,12-14H,6,9-11H2,1-5H3,(H2,20,21,22);1H,(H,9,10)(H2,6,7,8,11)/t14-;/m1./s1. The van der Waals surface area contributed by atoms with Crippen LogP contribution in [0.25, 0.3) is 11.2 Å². The quantitative estimate of drug-likeness (QED) is 0.108. The predicted molar refractivity (Wildman–Crippen MR) is 155 cm³/mol. The van der Waals surface area contributed by atoms with Crippen LogP contribution >= 0.6 is 7.60 Å². The molecule has 0 aliphatic heterocycles. The van der Waals surface area contributed by atoms with Crippen LogP contribution in [0.3, 0.4) is 0 Å². The van der Waals surface area contributed by atoms with Gasteiger partial charge in [-0.3, -0.25) is 23.4 Å². The van der Waals surface area contributed by atoms with Gasteiger partial charge in [0.2, 0.25) is 13.6 Å². The normalized spacial score (nSPS) is 11.9. The molecule has 21 nitrogen and oxygen atoms in total. The molecule has 5 N–H and O–H groups in total. The highest BCUT2D eigenvalue weighted by atomic mass is 31.2. The first-order valence-corrected chi connectivity index (χ1v) is 15.0. The molecule has 0 aromatic carbocycles. The lowest BCUT2D eigenvalue weighted by Gasteiger charge is -2.21. The summed E-state index contributed by atoms with van der Waals surface area (Å²) in [7, 11) is -4.06. The summed E-state index contributed by atoms with van der Waals surface area (Å²) in [6, 6.07) is 0.795. The molecule has 3 aromatic heterocycles. The molecule has 0 saturated carbocycles. The van der Waals surface area contributed by atoms with Gasteiger partial charge in [0.05, 0.1) is 31.2 Å². The minimum atomic E-state index is -4.06. The van der Waals surface area contributed by atoms with Gasteiger partial charge in [-0.2, -0.15) is 0 Å². The van der Waals surface area contributed by atoms with Crippen molar-refractivity contribution in [2.75, 3.05) is 25.7 Å². The van der Waals surface area contributed by atoms with E-state index in [4.69, 9.17) is 43.6 Å². The molecular weight excluding hydrogens is 641 g/mol. The number of carbonyl (C=O) groups excluding carboxylic acids is 2. The Bertz CT molecular complexity index is 1580. The molecule has 254 valence electrons. The SMILES string of the molecule is CC(C)OC(=O)OCOP(=O)(CO[C@H](C)Cn1cnc2c(N)ncnc21)OCOC(=O)OC(C)C.O=C(O)c1cc(=O)[nH]c(=O)[nH]1. The first kappa shape index (κ1) is 37.3. The van der Waals surface area contributed by atoms with Crippen molar-refractivity contribution < 1.29 is 56.8 Å². The lowest BCUT2D eigenvalue weighted by atomic mass is 10.4. The van der Waals surface area contributed by atoms with Crippen LogP contribution in [-0.2, 0) is 43.8 Å². The Morgan fingerprint density at radius 1 is 0.957 bits per heavy atom. The maximum Gasteiger partial charge on any atom is 0.510 e. The Kier molecular flexibility index (Phi) is 14.3. The predicted octanol–water partition coefficient (Wildman–Crippen LogP) is 1.80. The highest BCUT2D eigenvalue weighted by Gasteiger charge is 2.29. The van der Waals surface area contributed by atoms with Crippen molar-refractivity contribution in [1.82, 2.24) is 29.5 Å². The number of ether oxygens (including phenoxy) is 5. The summed E-state index contributed by atoms with van der Waals surface area (Å²) < 4.78 is 49.7. The molecule has 3 rings (SSSR count). The summed E-state index contributed by atoms with van der Waals surface area (Å²) in [4.78, 5) is 70.1. The minimum Gasteiger partial charge on any atom is -0.477 e. The average molecular weight is 676 g/mol. The number of aromatic carboxylic acids is 1. The Balaban J connectivity index is 0.000000562. The molecule has 3 heterocycles. The van der Waals surface area contributed by atoms with Crippen LogP contribution in [0.15, 0.2) is 28.3 Å². The van der Waals surface area contributed by atoms with Gasteiger partial charge in [-0.15, -0.1) is 0 Å². The van der Waals surface area contributed by atoms with Gasteiger partial charge in [0, 0.05) is 6.07 Å². The van der Waals surface area contributed by atoms with Crippen LogP contribution < -0.4 is 17.0 Å². The van der Waals surface area contributed by atoms with Gasteiger partial charge in [-0.25, -0.2) is 34.1 Å². The number of aromatic nitrogens is 6. The summed E-state index contributed by atoms with van der Waals surface area (Å²) in [6.07, 6.45) is -1.14. The second-order valence-electron chi connectivity index (χ2n) is 9.47. The third-order valence-electron chi connectivity index (χ3n) is 4.91. The first-order valence-electron chi connectivity index (χ1n) is 13.2. The molecule has 46 heavy (non-hydrogen) atoms. The van der Waals surface area contributed by atoms with Gasteiger partial charge in [0.15, 0.2) is 11.5 Å². The number of hydrogen-bond donors (Lipinski definition) is 4. The van der Waals surface area contributed by atoms with E-state index in [-0.39, 0.29) is 12.4 Å². The highest BCUT2D eigenvalue weighted by molar-refractivity contribution is 7.53. The molecular formula is C24H34N7O14P. The fourth-order valence-corrected chi connectivity index (χ4v) is 4.13. The summed E-state index contributed by atoms with van der Waals surface area (Å²) in [5.41, 5.74) is 4.75. The number of rotatable bonds is 14. The van der Waals surface area contributed by atoms with Crippen LogP contribution in [-0.4, -0.2) is 91.1 Å². The minimum absolute atomic E-state index is 0.237. The van der Waals surface area contributed by atoms with E-state index in [2.05, 4.69) is 15.0 Å². The number of carboxylic acids is 1. The smallest absolute Gasteiger partial charge is 0.477 e. The van der Waals surface area contributed by atoms with E-state index in [1.54, 1.807) is 39.2 Å². The highest BCUT2D eigenvalue weighted by Crippen LogP contribution is 2.48. The lowest BCUT2D eigenvalue weighted by molar-refractivity contribution is -0.0369. The second kappa shape index (κ2) is 17.6. The number of carboxylic acid groups (broad SMARTS) is 1. The van der Waals surface area contributed by atoms with Crippen molar-refractivity contribution in [1.29, 1.82) is 0 Å². The van der Waals surface area contributed by atoms with Crippen molar-refractivity contribution in [3.63, 3.8) is 0 Å². The number of imidazole rings is 1. The van der Waals surface area contributed by atoms with E-state index in [1.807, 2.05) is 9.97 Å². The fraction of sp³-hybridized carbons (Fsp3) is 0.500. The molecule has 1 atom stereocenters. The number of aromatic amines is 2. The maximum absolute atomic E-state index is 13.1. The molecule has 0 radical (unpaired) electrons. The molecule has 0 saturated heterocycles. The van der Waals surface area contributed by atoms with Gasteiger partial charge in [0.25, 0.3) is 5.56 Å². The van der Waals surface area contributed by atoms with Crippen molar-refractivity contribution in [3.05, 3.63) is 45.3 Å². The van der Waals surface area contributed by atoms with E-state index < -0.39 is 81.1 Å². The lowest BCUT2D eigenvalue weighted by Crippen LogP contribution is -2.24. The van der Waals surface area contributed by atoms with Gasteiger partial charge in [0.1, 0.15) is 23.9 Å². The summed E-state index contributed by atoms with van der Waals surface area (Å²) in [6.45, 7) is 6.98. The number of nitrogens with two attached hydrogens (primary N) is 1. The Labute approximate surface area is 259 Å². The average Bonchev–Trinajstić information content (AvgIpc) is 3.35. The molecule has 0 spiro atoms. The van der Waals surface area contributed by atoms with Crippen LogP contribution in [0.5, 0.6) is 0 Å². The fourth-order valence-electron chi connectivity index (χ4n) is 3.04. The van der Waals surface area contributed by atoms with E-state index in [0.717, 1.165) is 6.07 Å². The maximum atomic E-state index is 13.1. The van der Waals surface area contributed by atoms with Crippen molar-refractivity contribution >= 4 is 42.9 Å². The number of nitrogens with zero attached hydrogens (tertiary/aromatic N) is 4. The van der Waals surface area contributed by atoms with E-state index in [1.165, 1.54) is 12.7 Å². The van der Waals surface area contributed by atoms with Gasteiger partial charge >= 0.3 is 31.6 Å². The van der Waals surface area contributed by atoms with Crippen LogP contribution in [0.4, 0.5) is 15.4 Å². The summed E-state index contributed by atoms with van der Waals surface area (Å²) in [5, 5.41) is 8.31. The largest absolute Gasteiger partial charge is 0.510 e. The second-order valence-corrected chi connectivity index (χ2v) is 11.5. The van der Waals surface area contributed by atoms with E-state index in [9.17, 15) is 28.5 Å². The van der Waals surface area contributed by atoms with Gasteiger partial charge in [-0.1, -0.05) is 0 Å². The number of carbonyl (C=O) groups is 3. The first-order chi connectivity index (χ1) is 21.6. The van der Waals surface area contributed by atoms with Crippen LogP contribution in [0, 0.1) is 0 Å². The van der Waals surface area contributed by atoms with Gasteiger partial charge < -0.3 is 44.1 Å². The summed E-state index contributed by atoms with van der Waals surface area (Å²) >= 11 is 0.